The van der Waals surface area contributed by atoms with Gasteiger partial charge in [-0.15, -0.1) is 19.8 Å². The zero-order valence-electron chi connectivity index (χ0n) is 13.8. The molecule has 0 radical (unpaired) electrons. The van der Waals surface area contributed by atoms with Crippen LogP contribution in [0, 0.1) is 0 Å². The van der Waals surface area contributed by atoms with Crippen molar-refractivity contribution in [3.05, 3.63) is 78.4 Å². The molecule has 1 unspecified atom stereocenters. The number of hydrogen-bond donors (Lipinski definition) is 1. The fourth-order valence-electron chi connectivity index (χ4n) is 2.25. The highest BCUT2D eigenvalue weighted by molar-refractivity contribution is 5.68. The van der Waals surface area contributed by atoms with Crippen LogP contribution in [0.4, 0.5) is 18.0 Å². The number of alkyl carbamates (subject to hydrolysis) is 1. The number of halogens is 3. The Morgan fingerprint density at radius 3 is 2.35 bits per heavy atom. The standard InChI is InChI=1S/C19H18F3NO3/c1-2-6-17(15-9-11-16(12-10-15)26-19(20,21)22)23-18(24)25-13-14-7-4-3-5-8-14/h2-5,7-12,17H,1,6,13H2,(H,23,24). The van der Waals surface area contributed by atoms with Gasteiger partial charge in [-0.1, -0.05) is 48.5 Å². The first kappa shape index (κ1) is 19.4. The second-order valence-electron chi connectivity index (χ2n) is 5.40. The normalized spacial score (nSPS) is 12.1. The van der Waals surface area contributed by atoms with Crippen LogP contribution in [0.1, 0.15) is 23.6 Å². The van der Waals surface area contributed by atoms with Crippen molar-refractivity contribution in [2.45, 2.75) is 25.4 Å². The first-order valence-electron chi connectivity index (χ1n) is 7.81. The second-order valence-corrected chi connectivity index (χ2v) is 5.40. The van der Waals surface area contributed by atoms with Crippen LogP contribution in [-0.4, -0.2) is 12.5 Å². The lowest BCUT2D eigenvalue weighted by atomic mass is 10.0. The lowest BCUT2D eigenvalue weighted by molar-refractivity contribution is -0.274. The quantitative estimate of drug-likeness (QED) is 0.692. The van der Waals surface area contributed by atoms with Crippen molar-refractivity contribution in [3.63, 3.8) is 0 Å². The molecule has 4 nitrogen and oxygen atoms in total. The van der Waals surface area contributed by atoms with Gasteiger partial charge in [-0.3, -0.25) is 0 Å². The van der Waals surface area contributed by atoms with Gasteiger partial charge in [0.2, 0.25) is 0 Å². The van der Waals surface area contributed by atoms with Gasteiger partial charge < -0.3 is 14.8 Å². The van der Waals surface area contributed by atoms with E-state index in [9.17, 15) is 18.0 Å². The molecule has 0 fully saturated rings. The molecular weight excluding hydrogens is 347 g/mol. The van der Waals surface area contributed by atoms with Crippen LogP contribution >= 0.6 is 0 Å². The van der Waals surface area contributed by atoms with Crippen molar-refractivity contribution in [1.29, 1.82) is 0 Å². The van der Waals surface area contributed by atoms with E-state index in [2.05, 4.69) is 16.6 Å². The van der Waals surface area contributed by atoms with Gasteiger partial charge in [0.15, 0.2) is 0 Å². The molecule has 0 aliphatic heterocycles. The van der Waals surface area contributed by atoms with E-state index in [1.54, 1.807) is 6.08 Å². The molecule has 26 heavy (non-hydrogen) atoms. The average Bonchev–Trinajstić information content (AvgIpc) is 2.60. The summed E-state index contributed by atoms with van der Waals surface area (Å²) < 4.78 is 45.6. The van der Waals surface area contributed by atoms with E-state index in [4.69, 9.17) is 4.74 Å². The molecule has 0 heterocycles. The number of carbonyl (C=O) groups is 1. The molecule has 1 amide bonds. The van der Waals surface area contributed by atoms with Crippen LogP contribution in [0.3, 0.4) is 0 Å². The maximum absolute atomic E-state index is 12.2. The first-order valence-corrected chi connectivity index (χ1v) is 7.81. The maximum atomic E-state index is 12.2. The minimum atomic E-state index is -4.75. The zero-order valence-corrected chi connectivity index (χ0v) is 13.8. The lowest BCUT2D eigenvalue weighted by Gasteiger charge is -2.18. The number of benzene rings is 2. The van der Waals surface area contributed by atoms with Crippen LogP contribution < -0.4 is 10.1 Å². The minimum absolute atomic E-state index is 0.117. The van der Waals surface area contributed by atoms with Crippen LogP contribution in [-0.2, 0) is 11.3 Å². The van der Waals surface area contributed by atoms with E-state index >= 15 is 0 Å². The highest BCUT2D eigenvalue weighted by Gasteiger charge is 2.31. The Morgan fingerprint density at radius 1 is 1.12 bits per heavy atom. The molecule has 2 rings (SSSR count). The number of alkyl halides is 3. The fourth-order valence-corrected chi connectivity index (χ4v) is 2.25. The van der Waals surface area contributed by atoms with Gasteiger partial charge in [-0.05, 0) is 29.7 Å². The summed E-state index contributed by atoms with van der Waals surface area (Å²) in [6.45, 7) is 3.74. The van der Waals surface area contributed by atoms with E-state index in [-0.39, 0.29) is 12.4 Å². The third-order valence-electron chi connectivity index (χ3n) is 3.42. The van der Waals surface area contributed by atoms with Crippen molar-refractivity contribution in [2.75, 3.05) is 0 Å². The molecule has 2 aromatic carbocycles. The van der Waals surface area contributed by atoms with Crippen molar-refractivity contribution >= 4 is 6.09 Å². The molecule has 1 N–H and O–H groups in total. The number of nitrogens with one attached hydrogen (secondary N) is 1. The van der Waals surface area contributed by atoms with Gasteiger partial charge in [0, 0.05) is 0 Å². The second kappa shape index (κ2) is 8.94. The van der Waals surface area contributed by atoms with Gasteiger partial charge in [0.05, 0.1) is 6.04 Å². The summed E-state index contributed by atoms with van der Waals surface area (Å²) in [4.78, 5) is 12.0. The lowest BCUT2D eigenvalue weighted by Crippen LogP contribution is -2.28. The van der Waals surface area contributed by atoms with Crippen LogP contribution in [0.2, 0.25) is 0 Å². The zero-order chi connectivity index (χ0) is 19.0. The number of carbonyl (C=O) groups excluding carboxylic acids is 1. The topological polar surface area (TPSA) is 47.6 Å². The minimum Gasteiger partial charge on any atom is -0.445 e. The van der Waals surface area contributed by atoms with E-state index in [0.29, 0.717) is 12.0 Å². The van der Waals surface area contributed by atoms with E-state index in [1.165, 1.54) is 24.3 Å². The molecule has 0 bridgehead atoms. The summed E-state index contributed by atoms with van der Waals surface area (Å²) in [5.41, 5.74) is 1.45. The summed E-state index contributed by atoms with van der Waals surface area (Å²) in [5.74, 6) is -0.328. The Morgan fingerprint density at radius 2 is 1.77 bits per heavy atom. The number of amides is 1. The smallest absolute Gasteiger partial charge is 0.445 e. The van der Waals surface area contributed by atoms with Gasteiger partial charge in [-0.2, -0.15) is 0 Å². The van der Waals surface area contributed by atoms with Crippen molar-refractivity contribution < 1.29 is 27.4 Å². The summed E-state index contributed by atoms with van der Waals surface area (Å²) in [5, 5.41) is 2.68. The van der Waals surface area contributed by atoms with Crippen LogP contribution in [0.25, 0.3) is 0 Å². The maximum Gasteiger partial charge on any atom is 0.573 e. The monoisotopic (exact) mass is 365 g/mol. The highest BCUT2D eigenvalue weighted by atomic mass is 19.4. The Bertz CT molecular complexity index is 715. The molecule has 0 aliphatic rings. The van der Waals surface area contributed by atoms with Gasteiger partial charge in [-0.25, -0.2) is 4.79 Å². The van der Waals surface area contributed by atoms with E-state index in [0.717, 1.165) is 5.56 Å². The fraction of sp³-hybridized carbons (Fsp3) is 0.211. The van der Waals surface area contributed by atoms with Crippen molar-refractivity contribution in [2.24, 2.45) is 0 Å². The Labute approximate surface area is 149 Å². The molecule has 2 aromatic rings. The first-order chi connectivity index (χ1) is 12.4. The number of hydrogen-bond acceptors (Lipinski definition) is 3. The summed E-state index contributed by atoms with van der Waals surface area (Å²) in [6, 6.07) is 14.0. The average molecular weight is 365 g/mol. The number of rotatable bonds is 7. The predicted molar refractivity (Wildman–Crippen MR) is 90.4 cm³/mol. The molecule has 0 saturated heterocycles. The molecular formula is C19H18F3NO3. The molecule has 0 aromatic heterocycles. The van der Waals surface area contributed by atoms with Crippen LogP contribution in [0.15, 0.2) is 67.3 Å². The third kappa shape index (κ3) is 6.51. The SMILES string of the molecule is C=CCC(NC(=O)OCc1ccccc1)c1ccc(OC(F)(F)F)cc1. The third-order valence-corrected chi connectivity index (χ3v) is 3.42. The van der Waals surface area contributed by atoms with Gasteiger partial charge in [0.1, 0.15) is 12.4 Å². The van der Waals surface area contributed by atoms with Gasteiger partial charge >= 0.3 is 12.5 Å². The van der Waals surface area contributed by atoms with E-state index in [1.807, 2.05) is 30.3 Å². The molecule has 0 spiro atoms. The molecule has 7 heteroatoms. The van der Waals surface area contributed by atoms with Gasteiger partial charge in [0.25, 0.3) is 0 Å². The Hall–Kier alpha value is -2.96. The van der Waals surface area contributed by atoms with Crippen LogP contribution in [0.5, 0.6) is 5.75 Å². The predicted octanol–water partition coefficient (Wildman–Crippen LogP) is 5.13. The largest absolute Gasteiger partial charge is 0.573 e. The molecule has 0 saturated carbocycles. The Balaban J connectivity index is 1.96. The molecule has 1 atom stereocenters. The van der Waals surface area contributed by atoms with Crippen molar-refractivity contribution in [1.82, 2.24) is 5.32 Å². The summed E-state index contributed by atoms with van der Waals surface area (Å²) >= 11 is 0. The highest BCUT2D eigenvalue weighted by Crippen LogP contribution is 2.25. The van der Waals surface area contributed by atoms with E-state index < -0.39 is 18.5 Å². The number of ether oxygens (including phenoxy) is 2. The Kier molecular flexibility index (Phi) is 6.66. The molecule has 0 aliphatic carbocycles. The van der Waals surface area contributed by atoms with Crippen molar-refractivity contribution in [3.8, 4) is 5.75 Å². The summed E-state index contributed by atoms with van der Waals surface area (Å²) in [7, 11) is 0. The summed E-state index contributed by atoms with van der Waals surface area (Å²) in [6.07, 6.45) is -3.39. The molecule has 138 valence electrons.